The Labute approximate surface area is 118 Å². The predicted molar refractivity (Wildman–Crippen MR) is 80.1 cm³/mol. The maximum Gasteiger partial charge on any atom is 0.103 e. The molecule has 0 aromatic carbocycles. The third-order valence-electron chi connectivity index (χ3n) is 4.25. The summed E-state index contributed by atoms with van der Waals surface area (Å²) in [6.45, 7) is 5.59. The normalized spacial score (nSPS) is 23.5. The average molecular weight is 266 g/mol. The van der Waals surface area contributed by atoms with E-state index in [0.717, 1.165) is 18.9 Å². The lowest BCUT2D eigenvalue weighted by atomic mass is 9.97. The molecule has 1 fully saturated rings. The Kier molecular flexibility index (Phi) is 6.78. The molecule has 0 aromatic heterocycles. The standard InChI is InChI=1S/C15H30N4/c1-15(13-16,17-2)9-5-6-10-19-11-7-8-14(19)12-18(3)4/h14,17H,5-12H2,1-4H3. The van der Waals surface area contributed by atoms with Gasteiger partial charge >= 0.3 is 0 Å². The van der Waals surface area contributed by atoms with Crippen LogP contribution in [0.4, 0.5) is 0 Å². The highest BCUT2D eigenvalue weighted by Crippen LogP contribution is 2.19. The summed E-state index contributed by atoms with van der Waals surface area (Å²) >= 11 is 0. The van der Waals surface area contributed by atoms with Crippen LogP contribution in [0, 0.1) is 11.3 Å². The molecule has 1 saturated heterocycles. The van der Waals surface area contributed by atoms with Crippen LogP contribution in [0.15, 0.2) is 0 Å². The van der Waals surface area contributed by atoms with Crippen molar-refractivity contribution in [1.29, 1.82) is 5.26 Å². The summed E-state index contributed by atoms with van der Waals surface area (Å²) in [5.41, 5.74) is -0.353. The van der Waals surface area contributed by atoms with Crippen molar-refractivity contribution < 1.29 is 0 Å². The van der Waals surface area contributed by atoms with Gasteiger partial charge in [0.15, 0.2) is 0 Å². The molecule has 1 aliphatic rings. The van der Waals surface area contributed by atoms with Crippen LogP contribution in [0.25, 0.3) is 0 Å². The van der Waals surface area contributed by atoms with Crippen LogP contribution >= 0.6 is 0 Å². The first-order chi connectivity index (χ1) is 9.00. The number of likely N-dealkylation sites (N-methyl/N-ethyl adjacent to an activating group) is 1. The third-order valence-corrected chi connectivity index (χ3v) is 4.25. The Morgan fingerprint density at radius 2 is 2.16 bits per heavy atom. The van der Waals surface area contributed by atoms with Gasteiger partial charge in [-0.15, -0.1) is 0 Å². The Bertz CT molecular complexity index is 297. The lowest BCUT2D eigenvalue weighted by molar-refractivity contribution is 0.203. The zero-order valence-corrected chi connectivity index (χ0v) is 13.1. The fourth-order valence-electron chi connectivity index (χ4n) is 2.85. The Morgan fingerprint density at radius 3 is 2.74 bits per heavy atom. The molecule has 1 aliphatic heterocycles. The molecule has 19 heavy (non-hydrogen) atoms. The van der Waals surface area contributed by atoms with E-state index in [9.17, 15) is 0 Å². The summed E-state index contributed by atoms with van der Waals surface area (Å²) in [6.07, 6.45) is 5.93. The SMILES string of the molecule is CNC(C)(C#N)CCCCN1CCCC1CN(C)C. The second kappa shape index (κ2) is 7.84. The Morgan fingerprint density at radius 1 is 1.42 bits per heavy atom. The first kappa shape index (κ1) is 16.4. The largest absolute Gasteiger partial charge is 0.308 e. The molecule has 0 aliphatic carbocycles. The minimum absolute atomic E-state index is 0.353. The number of nitrogens with zero attached hydrogens (tertiary/aromatic N) is 3. The van der Waals surface area contributed by atoms with Gasteiger partial charge in [-0.05, 0) is 73.3 Å². The van der Waals surface area contributed by atoms with E-state index in [-0.39, 0.29) is 5.54 Å². The predicted octanol–water partition coefficient (Wildman–Crippen LogP) is 1.68. The molecule has 0 bridgehead atoms. The molecular formula is C15H30N4. The van der Waals surface area contributed by atoms with Crippen molar-refractivity contribution in [2.75, 3.05) is 40.8 Å². The van der Waals surface area contributed by atoms with Gasteiger partial charge in [0.25, 0.3) is 0 Å². The molecular weight excluding hydrogens is 236 g/mol. The molecule has 0 radical (unpaired) electrons. The van der Waals surface area contributed by atoms with Crippen LogP contribution in [-0.2, 0) is 0 Å². The number of nitriles is 1. The molecule has 4 nitrogen and oxygen atoms in total. The summed E-state index contributed by atoms with van der Waals surface area (Å²) in [7, 11) is 6.18. The van der Waals surface area contributed by atoms with Crippen molar-refractivity contribution in [3.05, 3.63) is 0 Å². The highest BCUT2D eigenvalue weighted by molar-refractivity contribution is 5.02. The van der Waals surface area contributed by atoms with Gasteiger partial charge in [0, 0.05) is 12.6 Å². The van der Waals surface area contributed by atoms with Crippen molar-refractivity contribution in [1.82, 2.24) is 15.1 Å². The van der Waals surface area contributed by atoms with Gasteiger partial charge in [-0.2, -0.15) is 5.26 Å². The number of unbranched alkanes of at least 4 members (excludes halogenated alkanes) is 1. The van der Waals surface area contributed by atoms with Crippen LogP contribution in [-0.4, -0.2) is 62.2 Å². The van der Waals surface area contributed by atoms with Crippen LogP contribution in [0.2, 0.25) is 0 Å². The van der Waals surface area contributed by atoms with Gasteiger partial charge in [0.1, 0.15) is 5.54 Å². The van der Waals surface area contributed by atoms with Gasteiger partial charge in [0.05, 0.1) is 6.07 Å². The maximum absolute atomic E-state index is 9.11. The van der Waals surface area contributed by atoms with Crippen molar-refractivity contribution in [3.63, 3.8) is 0 Å². The van der Waals surface area contributed by atoms with Gasteiger partial charge < -0.3 is 10.2 Å². The van der Waals surface area contributed by atoms with Crippen molar-refractivity contribution in [2.24, 2.45) is 0 Å². The molecule has 2 atom stereocenters. The van der Waals surface area contributed by atoms with Gasteiger partial charge in [0.2, 0.25) is 0 Å². The molecule has 2 unspecified atom stereocenters. The van der Waals surface area contributed by atoms with Crippen LogP contribution in [0.3, 0.4) is 0 Å². The molecule has 0 spiro atoms. The first-order valence-corrected chi connectivity index (χ1v) is 7.49. The summed E-state index contributed by atoms with van der Waals surface area (Å²) in [6, 6.07) is 3.10. The van der Waals surface area contributed by atoms with E-state index in [1.54, 1.807) is 0 Å². The van der Waals surface area contributed by atoms with Crippen LogP contribution < -0.4 is 5.32 Å². The molecule has 110 valence electrons. The van der Waals surface area contributed by atoms with E-state index in [1.807, 2.05) is 14.0 Å². The highest BCUT2D eigenvalue weighted by Gasteiger charge is 2.25. The van der Waals surface area contributed by atoms with E-state index < -0.39 is 0 Å². The van der Waals surface area contributed by atoms with Gasteiger partial charge in [-0.3, -0.25) is 4.90 Å². The summed E-state index contributed by atoms with van der Waals surface area (Å²) in [5.74, 6) is 0. The fourth-order valence-corrected chi connectivity index (χ4v) is 2.85. The molecule has 1 N–H and O–H groups in total. The molecule has 4 heteroatoms. The fraction of sp³-hybridized carbons (Fsp3) is 0.933. The maximum atomic E-state index is 9.11. The second-order valence-electron chi connectivity index (χ2n) is 6.25. The second-order valence-corrected chi connectivity index (χ2v) is 6.25. The van der Waals surface area contributed by atoms with Crippen molar-refractivity contribution in [3.8, 4) is 6.07 Å². The summed E-state index contributed by atoms with van der Waals surface area (Å²) < 4.78 is 0. The number of rotatable bonds is 8. The van der Waals surface area contributed by atoms with E-state index in [2.05, 4.69) is 35.3 Å². The van der Waals surface area contributed by atoms with Crippen molar-refractivity contribution in [2.45, 2.75) is 50.6 Å². The zero-order chi connectivity index (χ0) is 14.3. The van der Waals surface area contributed by atoms with E-state index >= 15 is 0 Å². The minimum Gasteiger partial charge on any atom is -0.308 e. The number of likely N-dealkylation sites (tertiary alicyclic amines) is 1. The Hall–Kier alpha value is -0.630. The van der Waals surface area contributed by atoms with E-state index in [1.165, 1.54) is 38.9 Å². The van der Waals surface area contributed by atoms with E-state index in [4.69, 9.17) is 5.26 Å². The minimum atomic E-state index is -0.353. The topological polar surface area (TPSA) is 42.3 Å². The monoisotopic (exact) mass is 266 g/mol. The van der Waals surface area contributed by atoms with E-state index in [0.29, 0.717) is 0 Å². The van der Waals surface area contributed by atoms with Crippen molar-refractivity contribution >= 4 is 0 Å². The summed E-state index contributed by atoms with van der Waals surface area (Å²) in [5, 5.41) is 12.2. The zero-order valence-electron chi connectivity index (χ0n) is 13.1. The van der Waals surface area contributed by atoms with Gasteiger partial charge in [-0.25, -0.2) is 0 Å². The quantitative estimate of drug-likeness (QED) is 0.679. The summed E-state index contributed by atoms with van der Waals surface area (Å²) in [4.78, 5) is 4.92. The third kappa shape index (κ3) is 5.48. The number of hydrogen-bond donors (Lipinski definition) is 1. The molecule has 1 heterocycles. The highest BCUT2D eigenvalue weighted by atomic mass is 15.2. The average Bonchev–Trinajstić information content (AvgIpc) is 2.81. The first-order valence-electron chi connectivity index (χ1n) is 7.49. The van der Waals surface area contributed by atoms with Gasteiger partial charge in [-0.1, -0.05) is 0 Å². The lowest BCUT2D eigenvalue weighted by Crippen LogP contribution is -2.39. The smallest absolute Gasteiger partial charge is 0.103 e. The Balaban J connectivity index is 2.24. The molecule has 0 saturated carbocycles. The van der Waals surface area contributed by atoms with Crippen LogP contribution in [0.5, 0.6) is 0 Å². The number of hydrogen-bond acceptors (Lipinski definition) is 4. The molecule has 1 rings (SSSR count). The molecule has 0 amide bonds. The lowest BCUT2D eigenvalue weighted by Gasteiger charge is -2.27. The molecule has 0 aromatic rings. The van der Waals surface area contributed by atoms with Crippen LogP contribution in [0.1, 0.15) is 39.0 Å². The number of nitrogens with one attached hydrogen (secondary N) is 1.